The molecule has 0 aliphatic carbocycles. The summed E-state index contributed by atoms with van der Waals surface area (Å²) in [4.78, 5) is 24.6. The normalized spacial score (nSPS) is 12.8. The van der Waals surface area contributed by atoms with Gasteiger partial charge in [0.25, 0.3) is 0 Å². The highest BCUT2D eigenvalue weighted by Crippen LogP contribution is 2.20. The average Bonchev–Trinajstić information content (AvgIpc) is 3.59. The number of carbonyl (C=O) groups excluding carboxylic acids is 2. The van der Waals surface area contributed by atoms with Gasteiger partial charge in [-0.05, 0) is 89.9 Å². The average molecular weight is 1320 g/mol. The molecule has 0 rings (SSSR count). The van der Waals surface area contributed by atoms with Crippen LogP contribution < -0.4 is 5.32 Å². The second-order valence-electron chi connectivity index (χ2n) is 29.2. The molecule has 0 spiro atoms. The van der Waals surface area contributed by atoms with Gasteiger partial charge in [0.05, 0.1) is 25.4 Å². The smallest absolute Gasteiger partial charge is 0.305 e. The summed E-state index contributed by atoms with van der Waals surface area (Å²) in [6.45, 7) is 4.90. The van der Waals surface area contributed by atoms with Crippen LogP contribution in [0.2, 0.25) is 0 Å². The number of aliphatic hydroxyl groups excluding tert-OH is 2. The Morgan fingerprint density at radius 3 is 0.840 bits per heavy atom. The van der Waals surface area contributed by atoms with Gasteiger partial charge < -0.3 is 20.3 Å². The number of amides is 1. The lowest BCUT2D eigenvalue weighted by molar-refractivity contribution is -0.143. The van der Waals surface area contributed by atoms with Crippen molar-refractivity contribution in [3.05, 3.63) is 60.8 Å². The summed E-state index contributed by atoms with van der Waals surface area (Å²) in [6, 6.07) is -0.628. The van der Waals surface area contributed by atoms with Crippen LogP contribution in [0, 0.1) is 0 Å². The maximum absolute atomic E-state index is 12.6. The molecule has 0 heterocycles. The maximum Gasteiger partial charge on any atom is 0.305 e. The van der Waals surface area contributed by atoms with Crippen LogP contribution in [0.15, 0.2) is 60.8 Å². The minimum absolute atomic E-state index is 0.00573. The van der Waals surface area contributed by atoms with Crippen molar-refractivity contribution in [2.24, 2.45) is 0 Å². The van der Waals surface area contributed by atoms with Gasteiger partial charge in [-0.3, -0.25) is 9.59 Å². The number of hydrogen-bond donors (Lipinski definition) is 3. The number of hydrogen-bond acceptors (Lipinski definition) is 5. The molecule has 1 amide bonds. The Balaban J connectivity index is 3.38. The quantitative estimate of drug-likeness (QED) is 0.0320. The molecule has 0 bridgehead atoms. The zero-order valence-corrected chi connectivity index (χ0v) is 63.5. The van der Waals surface area contributed by atoms with E-state index in [1.54, 1.807) is 6.08 Å². The summed E-state index contributed by atoms with van der Waals surface area (Å²) in [7, 11) is 0. The topological polar surface area (TPSA) is 95.9 Å². The summed E-state index contributed by atoms with van der Waals surface area (Å²) in [5, 5.41) is 23.3. The molecule has 2 unspecified atom stereocenters. The van der Waals surface area contributed by atoms with Crippen molar-refractivity contribution < 1.29 is 24.5 Å². The molecule has 6 heteroatoms. The number of unbranched alkanes of at least 4 members (excludes halogenated alkanes) is 61. The van der Waals surface area contributed by atoms with Crippen molar-refractivity contribution in [3.8, 4) is 0 Å². The largest absolute Gasteiger partial charge is 0.466 e. The van der Waals surface area contributed by atoms with Crippen molar-refractivity contribution in [1.29, 1.82) is 0 Å². The molecule has 0 aliphatic rings. The molecule has 552 valence electrons. The molecule has 0 radical (unpaired) electrons. The fourth-order valence-electron chi connectivity index (χ4n) is 13.3. The standard InChI is InChI=1S/C88H165NO5/c1-3-5-7-9-11-13-15-17-19-20-21-22-23-41-44-47-50-53-56-60-64-68-72-76-80-86(91)85(84-90)89-87(92)81-77-73-69-65-61-57-54-51-48-45-42-39-37-35-33-31-29-27-25-24-26-28-30-32-34-36-38-40-43-46-49-52-55-59-63-67-71-75-79-83-94-88(93)82-78-74-70-66-62-58-18-16-14-12-10-8-6-4-2/h10,12,16,18,24-25,28,30,76,80,85-86,90-91H,3-9,11,13-15,17,19-23,26-27,29,31-75,77-79,81-84H2,1-2H3,(H,89,92)/b12-10-,18-16-,25-24-,30-28-,80-76+. The van der Waals surface area contributed by atoms with E-state index in [1.165, 1.54) is 379 Å². The Morgan fingerprint density at radius 2 is 0.543 bits per heavy atom. The van der Waals surface area contributed by atoms with Gasteiger partial charge in [-0.25, -0.2) is 0 Å². The molecule has 94 heavy (non-hydrogen) atoms. The SMILES string of the molecule is CCCC/C=C\C/C=C\CCCCCCCC(=O)OCCCCCCCCCCCCCCCCC/C=C\C/C=C\CCCCCCCCCCCCCCCCCCCC(=O)NC(CO)C(O)/C=C/CCCCCCCCCCCCCCCCCCCCCCCC. The van der Waals surface area contributed by atoms with Gasteiger partial charge in [-0.1, -0.05) is 421 Å². The molecule has 0 saturated carbocycles. The first-order valence-electron chi connectivity index (χ1n) is 42.6. The zero-order chi connectivity index (χ0) is 67.7. The molecule has 0 aromatic rings. The van der Waals surface area contributed by atoms with E-state index >= 15 is 0 Å². The van der Waals surface area contributed by atoms with Crippen LogP contribution in [0.5, 0.6) is 0 Å². The molecule has 0 aromatic carbocycles. The number of allylic oxidation sites excluding steroid dienone is 9. The number of aliphatic hydroxyl groups is 2. The Hall–Kier alpha value is -2.44. The monoisotopic (exact) mass is 1320 g/mol. The minimum atomic E-state index is -0.845. The fourth-order valence-corrected chi connectivity index (χ4v) is 13.3. The van der Waals surface area contributed by atoms with Crippen LogP contribution in [0.3, 0.4) is 0 Å². The van der Waals surface area contributed by atoms with E-state index in [4.69, 9.17) is 4.74 Å². The van der Waals surface area contributed by atoms with Crippen LogP contribution >= 0.6 is 0 Å². The van der Waals surface area contributed by atoms with Crippen molar-refractivity contribution in [3.63, 3.8) is 0 Å². The third-order valence-corrected chi connectivity index (χ3v) is 19.8. The second-order valence-corrected chi connectivity index (χ2v) is 29.2. The molecular formula is C88H165NO5. The Morgan fingerprint density at radius 1 is 0.298 bits per heavy atom. The molecule has 0 aromatic heterocycles. The number of carbonyl (C=O) groups is 2. The third kappa shape index (κ3) is 78.6. The van der Waals surface area contributed by atoms with Gasteiger partial charge in [0.1, 0.15) is 0 Å². The van der Waals surface area contributed by atoms with Gasteiger partial charge in [-0.15, -0.1) is 0 Å². The van der Waals surface area contributed by atoms with E-state index in [-0.39, 0.29) is 18.5 Å². The van der Waals surface area contributed by atoms with E-state index in [9.17, 15) is 19.8 Å². The summed E-state index contributed by atoms with van der Waals surface area (Å²) in [5.41, 5.74) is 0. The highest BCUT2D eigenvalue weighted by atomic mass is 16.5. The van der Waals surface area contributed by atoms with Gasteiger partial charge in [0.15, 0.2) is 0 Å². The van der Waals surface area contributed by atoms with Crippen molar-refractivity contribution in [2.75, 3.05) is 13.2 Å². The lowest BCUT2D eigenvalue weighted by Crippen LogP contribution is -2.45. The lowest BCUT2D eigenvalue weighted by atomic mass is 10.0. The maximum atomic E-state index is 12.6. The van der Waals surface area contributed by atoms with Gasteiger partial charge >= 0.3 is 5.97 Å². The zero-order valence-electron chi connectivity index (χ0n) is 63.5. The summed E-state index contributed by atoms with van der Waals surface area (Å²) in [6.07, 6.45) is 112. The fraction of sp³-hybridized carbons (Fsp3) is 0.864. The number of rotatable bonds is 80. The van der Waals surface area contributed by atoms with Crippen LogP contribution in [0.25, 0.3) is 0 Å². The van der Waals surface area contributed by atoms with Crippen molar-refractivity contribution in [1.82, 2.24) is 5.32 Å². The van der Waals surface area contributed by atoms with E-state index in [1.807, 2.05) is 6.08 Å². The molecule has 6 nitrogen and oxygen atoms in total. The van der Waals surface area contributed by atoms with Crippen LogP contribution in [0.4, 0.5) is 0 Å². The van der Waals surface area contributed by atoms with Crippen LogP contribution in [-0.4, -0.2) is 47.4 Å². The first-order valence-corrected chi connectivity index (χ1v) is 42.6. The predicted octanol–water partition coefficient (Wildman–Crippen LogP) is 28.5. The number of esters is 1. The van der Waals surface area contributed by atoms with Crippen molar-refractivity contribution in [2.45, 2.75) is 475 Å². The van der Waals surface area contributed by atoms with Crippen LogP contribution in [-0.2, 0) is 14.3 Å². The molecule has 3 N–H and O–H groups in total. The van der Waals surface area contributed by atoms with Gasteiger partial charge in [0.2, 0.25) is 5.91 Å². The molecule has 2 atom stereocenters. The Kier molecular flexibility index (Phi) is 80.8. The first-order chi connectivity index (χ1) is 46.5. The van der Waals surface area contributed by atoms with E-state index in [0.717, 1.165) is 57.8 Å². The van der Waals surface area contributed by atoms with Crippen LogP contribution in [0.1, 0.15) is 463 Å². The first kappa shape index (κ1) is 91.6. The van der Waals surface area contributed by atoms with E-state index in [2.05, 4.69) is 67.8 Å². The highest BCUT2D eigenvalue weighted by Gasteiger charge is 2.18. The summed E-state index contributed by atoms with van der Waals surface area (Å²) in [5.74, 6) is -0.0544. The lowest BCUT2D eigenvalue weighted by Gasteiger charge is -2.20. The Labute approximate surface area is 588 Å². The molecule has 0 saturated heterocycles. The third-order valence-electron chi connectivity index (χ3n) is 19.8. The number of ether oxygens (including phenoxy) is 1. The molecule has 0 aliphatic heterocycles. The minimum Gasteiger partial charge on any atom is -0.466 e. The van der Waals surface area contributed by atoms with Gasteiger partial charge in [0, 0.05) is 12.8 Å². The van der Waals surface area contributed by atoms with E-state index in [0.29, 0.717) is 19.4 Å². The summed E-state index contributed by atoms with van der Waals surface area (Å²) >= 11 is 0. The van der Waals surface area contributed by atoms with Crippen molar-refractivity contribution >= 4 is 11.9 Å². The van der Waals surface area contributed by atoms with E-state index < -0.39 is 12.1 Å². The number of nitrogens with one attached hydrogen (secondary N) is 1. The second kappa shape index (κ2) is 83.0. The molecule has 0 fully saturated rings. The Bertz CT molecular complexity index is 1620. The van der Waals surface area contributed by atoms with Gasteiger partial charge in [-0.2, -0.15) is 0 Å². The predicted molar refractivity (Wildman–Crippen MR) is 416 cm³/mol. The summed E-state index contributed by atoms with van der Waals surface area (Å²) < 4.78 is 5.49. The molecular weight excluding hydrogens is 1150 g/mol. The highest BCUT2D eigenvalue weighted by molar-refractivity contribution is 5.76.